The maximum absolute atomic E-state index is 12.2. The highest BCUT2D eigenvalue weighted by atomic mass is 16.6. The van der Waals surface area contributed by atoms with Crippen molar-refractivity contribution in [3.63, 3.8) is 0 Å². The van der Waals surface area contributed by atoms with Gasteiger partial charge in [-0.1, -0.05) is 44.2 Å². The van der Waals surface area contributed by atoms with Crippen LogP contribution < -0.4 is 5.32 Å². The van der Waals surface area contributed by atoms with E-state index in [0.29, 0.717) is 6.61 Å². The lowest BCUT2D eigenvalue weighted by Crippen LogP contribution is -2.47. The zero-order chi connectivity index (χ0) is 18.9. The van der Waals surface area contributed by atoms with Crippen molar-refractivity contribution in [1.82, 2.24) is 5.32 Å². The van der Waals surface area contributed by atoms with Gasteiger partial charge < -0.3 is 19.5 Å². The second kappa shape index (κ2) is 10.0. The van der Waals surface area contributed by atoms with Crippen molar-refractivity contribution < 1.29 is 23.8 Å². The fraction of sp³-hybridized carbons (Fsp3) is 0.579. The summed E-state index contributed by atoms with van der Waals surface area (Å²) in [6.45, 7) is 9.83. The standard InChI is InChI=1S/C19H29NO5/c1-14(2)16(20-18(22)25-19(3,4)5)17(21)24-12-11-23-13-15-9-7-6-8-10-15/h6-10,14,16H,11-13H2,1-5H3,(H,20,22). The number of ether oxygens (including phenoxy) is 3. The predicted octanol–water partition coefficient (Wildman–Crippen LogP) is 3.30. The molecule has 0 aromatic heterocycles. The Labute approximate surface area is 149 Å². The normalized spacial score (nSPS) is 12.6. The van der Waals surface area contributed by atoms with E-state index >= 15 is 0 Å². The average Bonchev–Trinajstić information content (AvgIpc) is 2.51. The van der Waals surface area contributed by atoms with Crippen molar-refractivity contribution in [2.45, 2.75) is 52.9 Å². The van der Waals surface area contributed by atoms with Crippen LogP contribution in [-0.2, 0) is 25.6 Å². The number of amides is 1. The molecule has 0 heterocycles. The van der Waals surface area contributed by atoms with Crippen LogP contribution in [0.25, 0.3) is 0 Å². The Morgan fingerprint density at radius 2 is 1.72 bits per heavy atom. The summed E-state index contributed by atoms with van der Waals surface area (Å²) >= 11 is 0. The zero-order valence-electron chi connectivity index (χ0n) is 15.7. The molecule has 1 amide bonds. The van der Waals surface area contributed by atoms with Crippen molar-refractivity contribution in [3.8, 4) is 0 Å². The highest BCUT2D eigenvalue weighted by molar-refractivity contribution is 5.81. The molecule has 140 valence electrons. The van der Waals surface area contributed by atoms with E-state index in [4.69, 9.17) is 14.2 Å². The van der Waals surface area contributed by atoms with E-state index in [0.717, 1.165) is 5.56 Å². The van der Waals surface area contributed by atoms with Crippen LogP contribution in [-0.4, -0.2) is 36.9 Å². The minimum absolute atomic E-state index is 0.120. The molecule has 0 radical (unpaired) electrons. The molecule has 25 heavy (non-hydrogen) atoms. The van der Waals surface area contributed by atoms with Gasteiger partial charge in [-0.3, -0.25) is 0 Å². The van der Waals surface area contributed by atoms with Crippen LogP contribution in [0.4, 0.5) is 4.79 Å². The zero-order valence-corrected chi connectivity index (χ0v) is 15.7. The largest absolute Gasteiger partial charge is 0.462 e. The summed E-state index contributed by atoms with van der Waals surface area (Å²) in [5, 5.41) is 2.56. The maximum Gasteiger partial charge on any atom is 0.408 e. The number of nitrogens with one attached hydrogen (secondary N) is 1. The Balaban J connectivity index is 2.34. The highest BCUT2D eigenvalue weighted by Gasteiger charge is 2.28. The smallest absolute Gasteiger partial charge is 0.408 e. The SMILES string of the molecule is CC(C)C(NC(=O)OC(C)(C)C)C(=O)OCCOCc1ccccc1. The lowest BCUT2D eigenvalue weighted by atomic mass is 10.1. The van der Waals surface area contributed by atoms with E-state index < -0.39 is 23.7 Å². The van der Waals surface area contributed by atoms with Crippen LogP contribution in [0.5, 0.6) is 0 Å². The first-order valence-electron chi connectivity index (χ1n) is 8.47. The van der Waals surface area contributed by atoms with Gasteiger partial charge in [-0.05, 0) is 32.3 Å². The van der Waals surface area contributed by atoms with Gasteiger partial charge in [0.1, 0.15) is 18.2 Å². The number of carbonyl (C=O) groups excluding carboxylic acids is 2. The van der Waals surface area contributed by atoms with Crippen molar-refractivity contribution in [3.05, 3.63) is 35.9 Å². The number of carbonyl (C=O) groups is 2. The molecule has 0 fully saturated rings. The molecule has 1 N–H and O–H groups in total. The molecule has 0 aliphatic carbocycles. The van der Waals surface area contributed by atoms with Crippen LogP contribution in [0.3, 0.4) is 0 Å². The summed E-state index contributed by atoms with van der Waals surface area (Å²) < 4.78 is 15.8. The summed E-state index contributed by atoms with van der Waals surface area (Å²) in [4.78, 5) is 24.0. The molecule has 0 bridgehead atoms. The van der Waals surface area contributed by atoms with E-state index in [9.17, 15) is 9.59 Å². The Morgan fingerprint density at radius 3 is 2.28 bits per heavy atom. The molecule has 1 rings (SSSR count). The number of hydrogen-bond acceptors (Lipinski definition) is 5. The van der Waals surface area contributed by atoms with Crippen molar-refractivity contribution in [1.29, 1.82) is 0 Å². The Bertz CT molecular complexity index is 536. The van der Waals surface area contributed by atoms with Gasteiger partial charge >= 0.3 is 12.1 Å². The van der Waals surface area contributed by atoms with Gasteiger partial charge in [-0.25, -0.2) is 9.59 Å². The summed E-state index contributed by atoms with van der Waals surface area (Å²) in [6.07, 6.45) is -0.636. The highest BCUT2D eigenvalue weighted by Crippen LogP contribution is 2.09. The molecule has 1 atom stereocenters. The number of hydrogen-bond donors (Lipinski definition) is 1. The van der Waals surface area contributed by atoms with Gasteiger partial charge in [0.15, 0.2) is 0 Å². The first-order chi connectivity index (χ1) is 11.7. The minimum Gasteiger partial charge on any atom is -0.462 e. The van der Waals surface area contributed by atoms with E-state index in [1.807, 2.05) is 44.2 Å². The van der Waals surface area contributed by atoms with Crippen molar-refractivity contribution in [2.24, 2.45) is 5.92 Å². The monoisotopic (exact) mass is 351 g/mol. The molecule has 0 aliphatic rings. The van der Waals surface area contributed by atoms with Crippen LogP contribution in [0.1, 0.15) is 40.2 Å². The van der Waals surface area contributed by atoms with Crippen LogP contribution in [0.15, 0.2) is 30.3 Å². The second-order valence-electron chi connectivity index (χ2n) is 7.07. The maximum atomic E-state index is 12.2. The van der Waals surface area contributed by atoms with E-state index in [1.165, 1.54) is 0 Å². The topological polar surface area (TPSA) is 73.9 Å². The molecule has 0 aliphatic heterocycles. The lowest BCUT2D eigenvalue weighted by molar-refractivity contribution is -0.149. The lowest BCUT2D eigenvalue weighted by Gasteiger charge is -2.24. The van der Waals surface area contributed by atoms with Crippen LogP contribution >= 0.6 is 0 Å². The number of rotatable bonds is 8. The first-order valence-corrected chi connectivity index (χ1v) is 8.47. The number of esters is 1. The summed E-state index contributed by atoms with van der Waals surface area (Å²) in [5.74, 6) is -0.616. The molecule has 0 spiro atoms. The molecule has 1 aromatic carbocycles. The van der Waals surface area contributed by atoms with E-state index in [-0.39, 0.29) is 19.1 Å². The molecular formula is C19H29NO5. The fourth-order valence-corrected chi connectivity index (χ4v) is 1.99. The molecule has 0 saturated heterocycles. The second-order valence-corrected chi connectivity index (χ2v) is 7.07. The van der Waals surface area contributed by atoms with Crippen molar-refractivity contribution in [2.75, 3.05) is 13.2 Å². The summed E-state index contributed by atoms with van der Waals surface area (Å²) in [7, 11) is 0. The van der Waals surface area contributed by atoms with Gasteiger partial charge in [0.25, 0.3) is 0 Å². The number of alkyl carbamates (subject to hydrolysis) is 1. The van der Waals surface area contributed by atoms with Crippen LogP contribution in [0, 0.1) is 5.92 Å². The molecule has 6 nitrogen and oxygen atoms in total. The van der Waals surface area contributed by atoms with E-state index in [1.54, 1.807) is 20.8 Å². The molecular weight excluding hydrogens is 322 g/mol. The predicted molar refractivity (Wildman–Crippen MR) is 95.1 cm³/mol. The number of benzene rings is 1. The van der Waals surface area contributed by atoms with Gasteiger partial charge in [-0.2, -0.15) is 0 Å². The molecule has 1 unspecified atom stereocenters. The van der Waals surface area contributed by atoms with Gasteiger partial charge in [0, 0.05) is 0 Å². The molecule has 0 saturated carbocycles. The van der Waals surface area contributed by atoms with Gasteiger partial charge in [0.2, 0.25) is 0 Å². The first kappa shape index (κ1) is 21.0. The quantitative estimate of drug-likeness (QED) is 0.575. The third-order valence-electron chi connectivity index (χ3n) is 3.18. The molecule has 1 aromatic rings. The third kappa shape index (κ3) is 9.10. The summed E-state index contributed by atoms with van der Waals surface area (Å²) in [6, 6.07) is 8.98. The van der Waals surface area contributed by atoms with Gasteiger partial charge in [0.05, 0.1) is 13.2 Å². The Kier molecular flexibility index (Phi) is 8.41. The Morgan fingerprint density at radius 1 is 1.08 bits per heavy atom. The van der Waals surface area contributed by atoms with E-state index in [2.05, 4.69) is 5.32 Å². The fourth-order valence-electron chi connectivity index (χ4n) is 1.99. The van der Waals surface area contributed by atoms with Crippen molar-refractivity contribution >= 4 is 12.1 Å². The van der Waals surface area contributed by atoms with Crippen LogP contribution in [0.2, 0.25) is 0 Å². The minimum atomic E-state index is -0.760. The third-order valence-corrected chi connectivity index (χ3v) is 3.18. The summed E-state index contributed by atoms with van der Waals surface area (Å²) in [5.41, 5.74) is 0.432. The molecule has 6 heteroatoms. The Hall–Kier alpha value is -2.08. The average molecular weight is 351 g/mol. The van der Waals surface area contributed by atoms with Gasteiger partial charge in [-0.15, -0.1) is 0 Å².